The van der Waals surface area contributed by atoms with Gasteiger partial charge in [-0.25, -0.2) is 9.59 Å². The number of halogens is 1. The van der Waals surface area contributed by atoms with Gasteiger partial charge in [0.1, 0.15) is 12.2 Å². The highest BCUT2D eigenvalue weighted by atomic mass is 79.9. The van der Waals surface area contributed by atoms with Crippen LogP contribution in [0.15, 0.2) is 23.1 Å². The molecule has 126 valence electrons. The van der Waals surface area contributed by atoms with Gasteiger partial charge in [0.05, 0.1) is 10.4 Å². The number of ether oxygens (including phenoxy) is 1. The van der Waals surface area contributed by atoms with Gasteiger partial charge in [-0.15, -0.1) is 0 Å². The van der Waals surface area contributed by atoms with Gasteiger partial charge < -0.3 is 15.2 Å². The molecule has 23 heavy (non-hydrogen) atoms. The molecule has 0 bridgehead atoms. The molecule has 1 aromatic rings. The fourth-order valence-electron chi connectivity index (χ4n) is 1.36. The van der Waals surface area contributed by atoms with Gasteiger partial charge in [-0.05, 0) is 19.1 Å². The molecule has 0 aromatic heterocycles. The summed E-state index contributed by atoms with van der Waals surface area (Å²) in [5.74, 6) is -1.35. The van der Waals surface area contributed by atoms with E-state index in [2.05, 4.69) is 21.2 Å². The molecule has 1 rings (SSSR count). The maximum atomic E-state index is 11.1. The van der Waals surface area contributed by atoms with Crippen LogP contribution in [0.5, 0.6) is 0 Å². The summed E-state index contributed by atoms with van der Waals surface area (Å²) in [7, 11) is 2.62. The summed E-state index contributed by atoms with van der Waals surface area (Å²) in [5.41, 5.74) is -0.515. The zero-order chi connectivity index (χ0) is 17.4. The van der Waals surface area contributed by atoms with Gasteiger partial charge in [0.25, 0.3) is 5.69 Å². The molecule has 0 fully saturated rings. The van der Waals surface area contributed by atoms with Gasteiger partial charge in [0, 0.05) is 16.2 Å². The van der Waals surface area contributed by atoms with Gasteiger partial charge in [-0.1, -0.05) is 37.5 Å². The number of carbonyl (C=O) groups is 2. The Morgan fingerprint density at radius 2 is 2.22 bits per heavy atom. The third kappa shape index (κ3) is 6.67. The van der Waals surface area contributed by atoms with Gasteiger partial charge in [0.15, 0.2) is 0 Å². The summed E-state index contributed by atoms with van der Waals surface area (Å²) in [5, 5.41) is 22.2. The number of nitro groups is 1. The van der Waals surface area contributed by atoms with E-state index in [0.29, 0.717) is 10.3 Å². The number of nitrogens with zero attached hydrogens (tertiary/aromatic N) is 1. The van der Waals surface area contributed by atoms with E-state index < -0.39 is 22.7 Å². The van der Waals surface area contributed by atoms with Crippen LogP contribution in [-0.2, 0) is 4.74 Å². The van der Waals surface area contributed by atoms with Gasteiger partial charge >= 0.3 is 12.1 Å². The molecule has 0 aliphatic carbocycles. The largest absolute Gasteiger partial charge is 0.477 e. The van der Waals surface area contributed by atoms with E-state index in [1.165, 1.54) is 33.7 Å². The van der Waals surface area contributed by atoms with Crippen molar-refractivity contribution in [3.8, 4) is 0 Å². The van der Waals surface area contributed by atoms with E-state index in [-0.39, 0.29) is 17.4 Å². The minimum atomic E-state index is -1.35. The molecular weight excluding hydrogens is 412 g/mol. The fraction of sp³-hybridized carbons (Fsp3) is 0.333. The second-order valence-electron chi connectivity index (χ2n) is 4.14. The molecule has 1 atom stereocenters. The van der Waals surface area contributed by atoms with Crippen molar-refractivity contribution in [3.05, 3.63) is 33.9 Å². The van der Waals surface area contributed by atoms with Crippen molar-refractivity contribution < 1.29 is 24.4 Å². The molecule has 0 aliphatic rings. The number of rotatable bonds is 8. The summed E-state index contributed by atoms with van der Waals surface area (Å²) in [6.07, 6.45) is -0.539. The van der Waals surface area contributed by atoms with E-state index in [1.54, 1.807) is 0 Å². The van der Waals surface area contributed by atoms with Crippen molar-refractivity contribution in [2.75, 3.05) is 12.1 Å². The van der Waals surface area contributed by atoms with Gasteiger partial charge in [-0.2, -0.15) is 0 Å². The number of hydrogen-bond acceptors (Lipinski definition) is 7. The first-order valence-corrected chi connectivity index (χ1v) is 9.50. The molecule has 0 saturated heterocycles. The lowest BCUT2D eigenvalue weighted by Gasteiger charge is -2.11. The summed E-state index contributed by atoms with van der Waals surface area (Å²) < 4.78 is 4.95. The minimum Gasteiger partial charge on any atom is -0.477 e. The molecule has 0 aliphatic heterocycles. The quantitative estimate of drug-likeness (QED) is 0.214. The highest BCUT2D eigenvalue weighted by molar-refractivity contribution is 9.09. The first-order chi connectivity index (χ1) is 10.8. The Bertz CT molecular complexity index is 601. The molecule has 1 unspecified atom stereocenters. The molecule has 0 spiro atoms. The van der Waals surface area contributed by atoms with E-state index >= 15 is 0 Å². The number of carbonyl (C=O) groups excluding carboxylic acids is 1. The van der Waals surface area contributed by atoms with Crippen molar-refractivity contribution in [3.63, 3.8) is 0 Å². The standard InChI is InChI=1S/C12H13BrN2O6S2/c1-7(5-21-12(18)14-6-13)22-23-8-2-3-10(15(19)20)9(4-8)11(16)17/h2-4,7H,5-6H2,1H3,(H,14,18)(H,16,17). The average molecular weight is 425 g/mol. The lowest BCUT2D eigenvalue weighted by molar-refractivity contribution is -0.385. The number of amides is 1. The van der Waals surface area contributed by atoms with Crippen molar-refractivity contribution in [2.45, 2.75) is 17.1 Å². The number of hydrogen-bond donors (Lipinski definition) is 2. The molecular formula is C12H13BrN2O6S2. The summed E-state index contributed by atoms with van der Waals surface area (Å²) >= 11 is 3.04. The van der Waals surface area contributed by atoms with Crippen molar-refractivity contribution >= 4 is 55.3 Å². The Morgan fingerprint density at radius 1 is 1.52 bits per heavy atom. The van der Waals surface area contributed by atoms with E-state index in [4.69, 9.17) is 9.84 Å². The van der Waals surface area contributed by atoms with Crippen LogP contribution in [0.3, 0.4) is 0 Å². The van der Waals surface area contributed by atoms with Crippen LogP contribution in [-0.4, -0.2) is 39.4 Å². The van der Waals surface area contributed by atoms with Crippen LogP contribution in [0.2, 0.25) is 0 Å². The Kier molecular flexibility index (Phi) is 8.20. The molecule has 1 aromatic carbocycles. The van der Waals surface area contributed by atoms with Crippen LogP contribution < -0.4 is 5.32 Å². The minimum absolute atomic E-state index is 0.0513. The SMILES string of the molecule is CC(COC(=O)NCBr)SSc1ccc([N+](=O)[O-])c(C(=O)O)c1. The van der Waals surface area contributed by atoms with Crippen LogP contribution in [0.4, 0.5) is 10.5 Å². The Labute approximate surface area is 148 Å². The smallest absolute Gasteiger partial charge is 0.407 e. The van der Waals surface area contributed by atoms with Gasteiger partial charge in [-0.3, -0.25) is 10.1 Å². The topological polar surface area (TPSA) is 119 Å². The first-order valence-electron chi connectivity index (χ1n) is 6.16. The lowest BCUT2D eigenvalue weighted by Crippen LogP contribution is -2.24. The van der Waals surface area contributed by atoms with E-state index in [0.717, 1.165) is 6.07 Å². The van der Waals surface area contributed by atoms with Crippen molar-refractivity contribution in [2.24, 2.45) is 0 Å². The van der Waals surface area contributed by atoms with E-state index in [1.807, 2.05) is 6.92 Å². The third-order valence-electron chi connectivity index (χ3n) is 2.36. The number of carboxylic acids is 1. The normalized spacial score (nSPS) is 11.6. The van der Waals surface area contributed by atoms with Crippen molar-refractivity contribution in [1.82, 2.24) is 5.32 Å². The monoisotopic (exact) mass is 424 g/mol. The number of carboxylic acid groups (broad SMARTS) is 1. The molecule has 8 nitrogen and oxygen atoms in total. The number of nitro benzene ring substituents is 1. The number of nitrogens with one attached hydrogen (secondary N) is 1. The summed E-state index contributed by atoms with van der Waals surface area (Å²) in [4.78, 5) is 32.8. The number of aromatic carboxylic acids is 1. The predicted octanol–water partition coefficient (Wildman–Crippen LogP) is 3.50. The predicted molar refractivity (Wildman–Crippen MR) is 91.2 cm³/mol. The molecule has 2 N–H and O–H groups in total. The fourth-order valence-corrected chi connectivity index (χ4v) is 3.58. The Hall–Kier alpha value is -1.46. The summed E-state index contributed by atoms with van der Waals surface area (Å²) in [6.45, 7) is 2.01. The highest BCUT2D eigenvalue weighted by Crippen LogP contribution is 2.36. The lowest BCUT2D eigenvalue weighted by atomic mass is 10.2. The van der Waals surface area contributed by atoms with Crippen LogP contribution in [0.25, 0.3) is 0 Å². The maximum Gasteiger partial charge on any atom is 0.407 e. The maximum absolute atomic E-state index is 11.1. The zero-order valence-corrected chi connectivity index (χ0v) is 15.1. The summed E-state index contributed by atoms with van der Waals surface area (Å²) in [6, 6.07) is 3.90. The van der Waals surface area contributed by atoms with Crippen molar-refractivity contribution in [1.29, 1.82) is 0 Å². The average Bonchev–Trinajstić information content (AvgIpc) is 2.50. The third-order valence-corrected chi connectivity index (χ3v) is 5.50. The van der Waals surface area contributed by atoms with Crippen LogP contribution in [0.1, 0.15) is 17.3 Å². The molecule has 0 radical (unpaired) electrons. The van der Waals surface area contributed by atoms with E-state index in [9.17, 15) is 19.7 Å². The molecule has 0 heterocycles. The van der Waals surface area contributed by atoms with Crippen LogP contribution in [0, 0.1) is 10.1 Å². The zero-order valence-electron chi connectivity index (χ0n) is 11.9. The first kappa shape index (κ1) is 19.6. The molecule has 1 amide bonds. The number of benzene rings is 1. The van der Waals surface area contributed by atoms with Gasteiger partial charge in [0.2, 0.25) is 0 Å². The Balaban J connectivity index is 2.61. The second-order valence-corrected chi connectivity index (χ2v) is 7.41. The second kappa shape index (κ2) is 9.63. The Morgan fingerprint density at radius 3 is 2.78 bits per heavy atom. The highest BCUT2D eigenvalue weighted by Gasteiger charge is 2.20. The molecule has 0 saturated carbocycles. The number of alkyl carbamates (subject to hydrolysis) is 1. The van der Waals surface area contributed by atoms with Crippen LogP contribution >= 0.6 is 37.5 Å². The number of alkyl halides is 1. The molecule has 11 heteroatoms.